The van der Waals surface area contributed by atoms with E-state index in [0.717, 1.165) is 0 Å². The van der Waals surface area contributed by atoms with Crippen LogP contribution in [0.25, 0.3) is 0 Å². The molecule has 1 amide bonds. The highest BCUT2D eigenvalue weighted by Crippen LogP contribution is 2.34. The molecule has 1 saturated carbocycles. The van der Waals surface area contributed by atoms with Gasteiger partial charge in [0.05, 0.1) is 5.54 Å². The number of carboxylic acid groups (broad SMARTS) is 1. The minimum atomic E-state index is -1.00. The molecule has 1 aliphatic carbocycles. The van der Waals surface area contributed by atoms with Crippen LogP contribution in [0.1, 0.15) is 26.7 Å². The minimum Gasteiger partial charge on any atom is -0.480 e. The second-order valence-corrected chi connectivity index (χ2v) is 4.08. The Hall–Kier alpha value is -1.10. The largest absolute Gasteiger partial charge is 0.480 e. The van der Waals surface area contributed by atoms with Crippen molar-refractivity contribution < 1.29 is 14.7 Å². The predicted octanol–water partition coefficient (Wildman–Crippen LogP) is -0.201. The average Bonchev–Trinajstić information content (AvgIpc) is 2.79. The van der Waals surface area contributed by atoms with Crippen molar-refractivity contribution in [2.75, 3.05) is 6.54 Å². The fourth-order valence-corrected chi connectivity index (χ4v) is 1.27. The van der Waals surface area contributed by atoms with E-state index in [1.54, 1.807) is 13.8 Å². The SMILES string of the molecule is CC(C)N(CC(=O)O)C(=O)C1(N)CC1. The fourth-order valence-electron chi connectivity index (χ4n) is 1.27. The molecule has 0 aromatic heterocycles. The molecule has 0 saturated heterocycles. The van der Waals surface area contributed by atoms with Gasteiger partial charge in [0.2, 0.25) is 5.91 Å². The van der Waals surface area contributed by atoms with Gasteiger partial charge >= 0.3 is 5.97 Å². The van der Waals surface area contributed by atoms with Crippen molar-refractivity contribution in [3.05, 3.63) is 0 Å². The number of carbonyl (C=O) groups is 2. The maximum atomic E-state index is 11.7. The third-order valence-electron chi connectivity index (χ3n) is 2.40. The van der Waals surface area contributed by atoms with Gasteiger partial charge in [-0.2, -0.15) is 0 Å². The Morgan fingerprint density at radius 2 is 2.00 bits per heavy atom. The lowest BCUT2D eigenvalue weighted by Gasteiger charge is -2.27. The molecule has 1 aliphatic rings. The second kappa shape index (κ2) is 3.57. The molecule has 0 atom stereocenters. The van der Waals surface area contributed by atoms with Crippen LogP contribution in [0.15, 0.2) is 0 Å². The summed E-state index contributed by atoms with van der Waals surface area (Å²) in [7, 11) is 0. The van der Waals surface area contributed by atoms with E-state index in [1.165, 1.54) is 4.90 Å². The van der Waals surface area contributed by atoms with Gasteiger partial charge in [-0.1, -0.05) is 0 Å². The smallest absolute Gasteiger partial charge is 0.323 e. The number of nitrogens with two attached hydrogens (primary N) is 1. The number of carbonyl (C=O) groups excluding carboxylic acids is 1. The van der Waals surface area contributed by atoms with Crippen LogP contribution in [0, 0.1) is 0 Å². The van der Waals surface area contributed by atoms with Gasteiger partial charge in [-0.05, 0) is 26.7 Å². The number of hydrogen-bond acceptors (Lipinski definition) is 3. The van der Waals surface area contributed by atoms with Gasteiger partial charge in [-0.3, -0.25) is 9.59 Å². The van der Waals surface area contributed by atoms with Crippen molar-refractivity contribution in [2.24, 2.45) is 5.73 Å². The number of hydrogen-bond donors (Lipinski definition) is 2. The summed E-state index contributed by atoms with van der Waals surface area (Å²) in [6.07, 6.45) is 1.32. The van der Waals surface area contributed by atoms with Crippen LogP contribution in [-0.4, -0.2) is 40.0 Å². The van der Waals surface area contributed by atoms with E-state index >= 15 is 0 Å². The van der Waals surface area contributed by atoms with Gasteiger partial charge in [0, 0.05) is 6.04 Å². The van der Waals surface area contributed by atoms with Crippen LogP contribution < -0.4 is 5.73 Å². The number of amides is 1. The maximum Gasteiger partial charge on any atom is 0.323 e. The zero-order valence-electron chi connectivity index (χ0n) is 8.49. The van der Waals surface area contributed by atoms with Crippen LogP contribution >= 0.6 is 0 Å². The summed E-state index contributed by atoms with van der Waals surface area (Å²) >= 11 is 0. The number of rotatable bonds is 4. The highest BCUT2D eigenvalue weighted by Gasteiger charge is 2.48. The van der Waals surface area contributed by atoms with Gasteiger partial charge in [-0.25, -0.2) is 0 Å². The lowest BCUT2D eigenvalue weighted by molar-refractivity contribution is -0.146. The van der Waals surface area contributed by atoms with Crippen molar-refractivity contribution in [1.82, 2.24) is 4.90 Å². The lowest BCUT2D eigenvalue weighted by Crippen LogP contribution is -2.50. The van der Waals surface area contributed by atoms with Gasteiger partial charge in [-0.15, -0.1) is 0 Å². The second-order valence-electron chi connectivity index (χ2n) is 4.08. The summed E-state index contributed by atoms with van der Waals surface area (Å²) in [4.78, 5) is 23.6. The zero-order valence-corrected chi connectivity index (χ0v) is 8.49. The van der Waals surface area contributed by atoms with E-state index in [9.17, 15) is 9.59 Å². The summed E-state index contributed by atoms with van der Waals surface area (Å²) < 4.78 is 0. The van der Waals surface area contributed by atoms with Gasteiger partial charge < -0.3 is 15.7 Å². The summed E-state index contributed by atoms with van der Waals surface area (Å²) in [6, 6.07) is -0.125. The Kier molecular flexibility index (Phi) is 2.80. The van der Waals surface area contributed by atoms with Crippen LogP contribution in [0.4, 0.5) is 0 Å². The third kappa shape index (κ3) is 2.23. The van der Waals surface area contributed by atoms with Crippen LogP contribution in [0.2, 0.25) is 0 Å². The highest BCUT2D eigenvalue weighted by atomic mass is 16.4. The van der Waals surface area contributed by atoms with Crippen molar-refractivity contribution in [3.63, 3.8) is 0 Å². The predicted molar refractivity (Wildman–Crippen MR) is 50.6 cm³/mol. The summed E-state index contributed by atoms with van der Waals surface area (Å²) in [5.41, 5.74) is 4.94. The van der Waals surface area contributed by atoms with Crippen molar-refractivity contribution in [2.45, 2.75) is 38.3 Å². The first-order valence-electron chi connectivity index (χ1n) is 4.68. The Balaban J connectivity index is 2.67. The molecule has 1 fully saturated rings. The molecular formula is C9H16N2O3. The molecule has 0 aromatic rings. The normalized spacial score (nSPS) is 18.0. The van der Waals surface area contributed by atoms with Crippen LogP contribution in [0.3, 0.4) is 0 Å². The molecule has 0 heterocycles. The molecule has 0 radical (unpaired) electrons. The van der Waals surface area contributed by atoms with Gasteiger partial charge in [0.15, 0.2) is 0 Å². The highest BCUT2D eigenvalue weighted by molar-refractivity contribution is 5.91. The fraction of sp³-hybridized carbons (Fsp3) is 0.778. The van der Waals surface area contributed by atoms with Crippen molar-refractivity contribution in [1.29, 1.82) is 0 Å². The molecule has 5 heteroatoms. The van der Waals surface area contributed by atoms with E-state index < -0.39 is 11.5 Å². The molecule has 0 spiro atoms. The maximum absolute atomic E-state index is 11.7. The Bertz CT molecular complexity index is 259. The van der Waals surface area contributed by atoms with E-state index in [1.807, 2.05) is 0 Å². The average molecular weight is 200 g/mol. The number of aliphatic carboxylic acids is 1. The first kappa shape index (κ1) is 11.0. The molecule has 0 aromatic carbocycles. The van der Waals surface area contributed by atoms with E-state index in [2.05, 4.69) is 0 Å². The topological polar surface area (TPSA) is 83.6 Å². The Labute approximate surface area is 82.9 Å². The molecule has 14 heavy (non-hydrogen) atoms. The summed E-state index contributed by atoms with van der Waals surface area (Å²) in [5.74, 6) is -1.24. The molecule has 1 rings (SSSR count). The molecular weight excluding hydrogens is 184 g/mol. The molecule has 0 unspecified atom stereocenters. The minimum absolute atomic E-state index is 0.125. The number of carboxylic acids is 1. The van der Waals surface area contributed by atoms with Crippen molar-refractivity contribution >= 4 is 11.9 Å². The molecule has 0 bridgehead atoms. The quantitative estimate of drug-likeness (QED) is 0.658. The molecule has 5 nitrogen and oxygen atoms in total. The van der Waals surface area contributed by atoms with E-state index in [-0.39, 0.29) is 18.5 Å². The van der Waals surface area contributed by atoms with E-state index in [0.29, 0.717) is 12.8 Å². The molecule has 80 valence electrons. The zero-order chi connectivity index (χ0) is 10.9. The Morgan fingerprint density at radius 3 is 2.29 bits per heavy atom. The molecule has 0 aliphatic heterocycles. The van der Waals surface area contributed by atoms with Crippen molar-refractivity contribution in [3.8, 4) is 0 Å². The number of nitrogens with zero attached hydrogens (tertiary/aromatic N) is 1. The summed E-state index contributed by atoms with van der Waals surface area (Å²) in [5, 5.41) is 8.63. The first-order chi connectivity index (χ1) is 6.37. The lowest BCUT2D eigenvalue weighted by atomic mass is 10.2. The Morgan fingerprint density at radius 1 is 1.50 bits per heavy atom. The monoisotopic (exact) mass is 200 g/mol. The third-order valence-corrected chi connectivity index (χ3v) is 2.40. The molecule has 3 N–H and O–H groups in total. The van der Waals surface area contributed by atoms with Crippen LogP contribution in [-0.2, 0) is 9.59 Å². The van der Waals surface area contributed by atoms with E-state index in [4.69, 9.17) is 10.8 Å². The van der Waals surface area contributed by atoms with Gasteiger partial charge in [0.1, 0.15) is 6.54 Å². The van der Waals surface area contributed by atoms with Gasteiger partial charge in [0.25, 0.3) is 0 Å². The first-order valence-corrected chi connectivity index (χ1v) is 4.68. The standard InChI is InChI=1S/C9H16N2O3/c1-6(2)11(5-7(12)13)8(14)9(10)3-4-9/h6H,3-5,10H2,1-2H3,(H,12,13). The summed E-state index contributed by atoms with van der Waals surface area (Å²) in [6.45, 7) is 3.30. The van der Waals surface area contributed by atoms with Crippen LogP contribution in [0.5, 0.6) is 0 Å².